The largest absolute Gasteiger partial charge is 0.383 e. The van der Waals surface area contributed by atoms with Gasteiger partial charge in [-0.2, -0.15) is 0 Å². The first-order chi connectivity index (χ1) is 7.46. The van der Waals surface area contributed by atoms with Crippen molar-refractivity contribution in [1.82, 2.24) is 5.32 Å². The van der Waals surface area contributed by atoms with Crippen molar-refractivity contribution >= 4 is 5.78 Å². The highest BCUT2D eigenvalue weighted by Crippen LogP contribution is 2.32. The molecule has 0 atom stereocenters. The summed E-state index contributed by atoms with van der Waals surface area (Å²) in [4.78, 5) is 11.5. The summed E-state index contributed by atoms with van der Waals surface area (Å²) in [7, 11) is 3.19. The van der Waals surface area contributed by atoms with Crippen LogP contribution in [0.25, 0.3) is 0 Å². The molecule has 1 rings (SSSR count). The predicted molar refractivity (Wildman–Crippen MR) is 61.9 cm³/mol. The van der Waals surface area contributed by atoms with Crippen LogP contribution >= 0.6 is 0 Å². The van der Waals surface area contributed by atoms with Crippen molar-refractivity contribution < 1.29 is 14.3 Å². The molecule has 0 saturated heterocycles. The maximum atomic E-state index is 11.5. The van der Waals surface area contributed by atoms with Crippen molar-refractivity contribution in [3.63, 3.8) is 0 Å². The van der Waals surface area contributed by atoms with Gasteiger partial charge in [0.15, 0.2) is 12.1 Å². The van der Waals surface area contributed by atoms with E-state index in [-0.39, 0.29) is 17.5 Å². The van der Waals surface area contributed by atoms with Crippen LogP contribution in [-0.4, -0.2) is 32.8 Å². The molecular formula is C12H21NO3. The van der Waals surface area contributed by atoms with Gasteiger partial charge >= 0.3 is 0 Å². The summed E-state index contributed by atoms with van der Waals surface area (Å²) in [6, 6.07) is 0. The van der Waals surface area contributed by atoms with Crippen molar-refractivity contribution in [3.05, 3.63) is 11.8 Å². The number of carbonyl (C=O) groups is 1. The van der Waals surface area contributed by atoms with Gasteiger partial charge in [-0.25, -0.2) is 0 Å². The molecule has 1 aliphatic carbocycles. The van der Waals surface area contributed by atoms with E-state index in [2.05, 4.69) is 19.2 Å². The third-order valence-electron chi connectivity index (χ3n) is 2.68. The van der Waals surface area contributed by atoms with E-state index in [9.17, 15) is 4.79 Å². The van der Waals surface area contributed by atoms with Gasteiger partial charge in [0.2, 0.25) is 0 Å². The lowest BCUT2D eigenvalue weighted by molar-refractivity contribution is -0.117. The van der Waals surface area contributed by atoms with Gasteiger partial charge in [-0.3, -0.25) is 4.79 Å². The number of carbonyl (C=O) groups excluding carboxylic acids is 1. The van der Waals surface area contributed by atoms with Gasteiger partial charge in [-0.05, 0) is 11.8 Å². The Morgan fingerprint density at radius 3 is 2.50 bits per heavy atom. The van der Waals surface area contributed by atoms with Crippen LogP contribution in [0.3, 0.4) is 0 Å². The lowest BCUT2D eigenvalue weighted by Gasteiger charge is -2.29. The maximum absolute atomic E-state index is 11.5. The van der Waals surface area contributed by atoms with Crippen LogP contribution in [0.2, 0.25) is 0 Å². The summed E-state index contributed by atoms with van der Waals surface area (Å²) in [5.41, 5.74) is 1.02. The molecule has 0 aromatic heterocycles. The molecule has 1 N–H and O–H groups in total. The maximum Gasteiger partial charge on any atom is 0.173 e. The smallest absolute Gasteiger partial charge is 0.173 e. The second kappa shape index (κ2) is 5.46. The minimum Gasteiger partial charge on any atom is -0.383 e. The van der Waals surface area contributed by atoms with Crippen molar-refractivity contribution in [3.8, 4) is 0 Å². The van der Waals surface area contributed by atoms with Crippen molar-refractivity contribution in [2.24, 2.45) is 5.41 Å². The molecule has 0 aromatic rings. The van der Waals surface area contributed by atoms with Crippen LogP contribution in [0.1, 0.15) is 26.7 Å². The molecule has 0 aromatic carbocycles. The molecule has 4 heteroatoms. The number of hydrogen-bond acceptors (Lipinski definition) is 4. The van der Waals surface area contributed by atoms with Crippen LogP contribution in [0.5, 0.6) is 0 Å². The van der Waals surface area contributed by atoms with Gasteiger partial charge in [0, 0.05) is 32.4 Å². The van der Waals surface area contributed by atoms with Crippen LogP contribution < -0.4 is 5.32 Å². The summed E-state index contributed by atoms with van der Waals surface area (Å²) in [5.74, 6) is 0.185. The monoisotopic (exact) mass is 227 g/mol. The summed E-state index contributed by atoms with van der Waals surface area (Å²) < 4.78 is 10.1. The average Bonchev–Trinajstić information content (AvgIpc) is 2.16. The number of nitrogens with one attached hydrogen (secondary N) is 1. The molecule has 16 heavy (non-hydrogen) atoms. The molecule has 0 spiro atoms. The fraction of sp³-hybridized carbons (Fsp3) is 0.750. The standard InChI is InChI=1S/C12H21NO3/c1-12(2)6-9(5-10(14)7-12)13-8-11(15-3)16-4/h5,11,13H,6-8H2,1-4H3. The zero-order chi connectivity index (χ0) is 12.2. The van der Waals surface area contributed by atoms with E-state index in [4.69, 9.17) is 9.47 Å². The highest BCUT2D eigenvalue weighted by Gasteiger charge is 2.27. The van der Waals surface area contributed by atoms with E-state index >= 15 is 0 Å². The van der Waals surface area contributed by atoms with Crippen molar-refractivity contribution in [2.75, 3.05) is 20.8 Å². The van der Waals surface area contributed by atoms with Gasteiger partial charge in [0.1, 0.15) is 0 Å². The Balaban J connectivity index is 2.51. The summed E-state index contributed by atoms with van der Waals surface area (Å²) in [6.45, 7) is 4.76. The van der Waals surface area contributed by atoms with Crippen LogP contribution in [0, 0.1) is 5.41 Å². The Bertz CT molecular complexity index is 280. The Labute approximate surface area is 97.0 Å². The second-order valence-electron chi connectivity index (χ2n) is 4.94. The minimum atomic E-state index is -0.277. The SMILES string of the molecule is COC(CNC1=CC(=O)CC(C)(C)C1)OC. The molecule has 0 amide bonds. The van der Waals surface area contributed by atoms with E-state index in [0.29, 0.717) is 13.0 Å². The number of rotatable bonds is 5. The number of allylic oxidation sites excluding steroid dienone is 2. The molecule has 0 aliphatic heterocycles. The highest BCUT2D eigenvalue weighted by atomic mass is 16.7. The van der Waals surface area contributed by atoms with Gasteiger partial charge < -0.3 is 14.8 Å². The Hall–Kier alpha value is -0.870. The molecule has 0 saturated carbocycles. The zero-order valence-electron chi connectivity index (χ0n) is 10.5. The number of hydrogen-bond donors (Lipinski definition) is 1. The first-order valence-electron chi connectivity index (χ1n) is 5.50. The Morgan fingerprint density at radius 1 is 1.38 bits per heavy atom. The summed E-state index contributed by atoms with van der Waals surface area (Å²) >= 11 is 0. The van der Waals surface area contributed by atoms with E-state index in [0.717, 1.165) is 12.1 Å². The number of ether oxygens (including phenoxy) is 2. The van der Waals surface area contributed by atoms with Crippen LogP contribution in [0.15, 0.2) is 11.8 Å². The van der Waals surface area contributed by atoms with Crippen LogP contribution in [-0.2, 0) is 14.3 Å². The summed E-state index contributed by atoms with van der Waals surface area (Å²) in [6.07, 6.45) is 2.92. The second-order valence-corrected chi connectivity index (χ2v) is 4.94. The number of ketones is 1. The van der Waals surface area contributed by atoms with Gasteiger partial charge in [0.25, 0.3) is 0 Å². The van der Waals surface area contributed by atoms with Gasteiger partial charge in [0.05, 0.1) is 6.54 Å². The fourth-order valence-electron chi connectivity index (χ4n) is 1.94. The topological polar surface area (TPSA) is 47.6 Å². The normalized spacial score (nSPS) is 19.8. The molecule has 0 bridgehead atoms. The molecule has 0 heterocycles. The molecule has 0 fully saturated rings. The predicted octanol–water partition coefficient (Wildman–Crippen LogP) is 1.47. The molecule has 4 nitrogen and oxygen atoms in total. The zero-order valence-corrected chi connectivity index (χ0v) is 10.5. The fourth-order valence-corrected chi connectivity index (χ4v) is 1.94. The average molecular weight is 227 g/mol. The Kier molecular flexibility index (Phi) is 4.50. The van der Waals surface area contributed by atoms with Crippen molar-refractivity contribution in [2.45, 2.75) is 33.0 Å². The third-order valence-corrected chi connectivity index (χ3v) is 2.68. The molecule has 1 aliphatic rings. The van der Waals surface area contributed by atoms with E-state index in [1.807, 2.05) is 0 Å². The summed E-state index contributed by atoms with van der Waals surface area (Å²) in [5, 5.41) is 3.20. The molecule has 92 valence electrons. The molecular weight excluding hydrogens is 206 g/mol. The number of methoxy groups -OCH3 is 2. The van der Waals surface area contributed by atoms with E-state index in [1.165, 1.54) is 0 Å². The van der Waals surface area contributed by atoms with Crippen LogP contribution in [0.4, 0.5) is 0 Å². The van der Waals surface area contributed by atoms with Crippen molar-refractivity contribution in [1.29, 1.82) is 0 Å². The lowest BCUT2D eigenvalue weighted by Crippen LogP contribution is -2.33. The first-order valence-corrected chi connectivity index (χ1v) is 5.50. The Morgan fingerprint density at radius 2 is 2.00 bits per heavy atom. The third kappa shape index (κ3) is 3.94. The minimum absolute atomic E-state index is 0.0454. The van der Waals surface area contributed by atoms with E-state index < -0.39 is 0 Å². The quantitative estimate of drug-likeness (QED) is 0.722. The van der Waals surface area contributed by atoms with E-state index in [1.54, 1.807) is 20.3 Å². The highest BCUT2D eigenvalue weighted by molar-refractivity contribution is 5.91. The van der Waals surface area contributed by atoms with Gasteiger partial charge in [-0.1, -0.05) is 13.8 Å². The first kappa shape index (κ1) is 13.2. The lowest BCUT2D eigenvalue weighted by atomic mass is 9.79. The molecule has 0 radical (unpaired) electrons. The van der Waals surface area contributed by atoms with Gasteiger partial charge in [-0.15, -0.1) is 0 Å². The molecule has 0 unspecified atom stereocenters.